The molecule has 0 radical (unpaired) electrons. The first kappa shape index (κ1) is 43.6. The number of fused-ring (bicyclic) bond motifs is 1. The van der Waals surface area contributed by atoms with Crippen LogP contribution in [0.4, 0.5) is 11.4 Å². The van der Waals surface area contributed by atoms with Gasteiger partial charge in [-0.2, -0.15) is 0 Å². The third kappa shape index (κ3) is 9.28. The molecule has 1 amide bonds. The molecule has 17 heteroatoms. The first-order chi connectivity index (χ1) is 29.0. The number of carboxylic acids is 1. The number of aliphatic hydroxyl groups is 2. The molecule has 1 saturated heterocycles. The second-order valence-corrected chi connectivity index (χ2v) is 16.0. The first-order valence-electron chi connectivity index (χ1n) is 18.7. The zero-order valence-electron chi connectivity index (χ0n) is 32.4. The fourth-order valence-electron chi connectivity index (χ4n) is 7.56. The third-order valence-corrected chi connectivity index (χ3v) is 11.8. The van der Waals surface area contributed by atoms with Crippen LogP contribution in [0.1, 0.15) is 62.2 Å². The predicted molar refractivity (Wildman–Crippen MR) is 221 cm³/mol. The Morgan fingerprint density at radius 2 is 1.21 bits per heavy atom. The number of hydrogen-bond donors (Lipinski definition) is 3. The molecule has 4 aromatic rings. The van der Waals surface area contributed by atoms with Crippen molar-refractivity contribution < 1.29 is 53.8 Å². The molecule has 3 atom stereocenters. The molecule has 1 unspecified atom stereocenters. The molecule has 2 heterocycles. The van der Waals surface area contributed by atoms with Gasteiger partial charge in [0.15, 0.2) is 0 Å². The normalized spacial score (nSPS) is 17.5. The molecule has 4 aromatic carbocycles. The van der Waals surface area contributed by atoms with Crippen molar-refractivity contribution in [2.45, 2.75) is 48.2 Å². The van der Waals surface area contributed by atoms with Crippen LogP contribution in [0.25, 0.3) is 0 Å². The third-order valence-electron chi connectivity index (χ3n) is 10.3. The number of nitro groups is 2. The fraction of sp³-hybridized carbons (Fsp3) is 0.227. The van der Waals surface area contributed by atoms with Crippen molar-refractivity contribution in [3.63, 3.8) is 0 Å². The minimum atomic E-state index is -2.00. The summed E-state index contributed by atoms with van der Waals surface area (Å²) in [4.78, 5) is 73.9. The molecule has 2 aliphatic rings. The monoisotopic (exact) mass is 849 g/mol. The number of rotatable bonds is 19. The van der Waals surface area contributed by atoms with E-state index in [0.29, 0.717) is 11.1 Å². The summed E-state index contributed by atoms with van der Waals surface area (Å²) in [5, 5.41) is 59.1. The van der Waals surface area contributed by atoms with Crippen LogP contribution in [0.3, 0.4) is 0 Å². The Balaban J connectivity index is 1.42. The Kier molecular flexibility index (Phi) is 12.7. The number of β-lactam (4-membered cyclic amide) rings is 1. The van der Waals surface area contributed by atoms with E-state index in [0.717, 1.165) is 16.7 Å². The summed E-state index contributed by atoms with van der Waals surface area (Å²) in [6, 6.07) is 22.7. The molecule has 1 fully saturated rings. The smallest absolute Gasteiger partial charge is 0.353 e. The van der Waals surface area contributed by atoms with Crippen molar-refractivity contribution >= 4 is 47.0 Å². The minimum Gasteiger partial charge on any atom is -0.477 e. The van der Waals surface area contributed by atoms with Gasteiger partial charge in [0.05, 0.1) is 38.6 Å². The number of nitro benzene ring substituents is 2. The fourth-order valence-corrected chi connectivity index (χ4v) is 9.40. The summed E-state index contributed by atoms with van der Waals surface area (Å²) in [6.45, 7) is 6.91. The van der Waals surface area contributed by atoms with Crippen LogP contribution < -0.4 is 0 Å². The summed E-state index contributed by atoms with van der Waals surface area (Å²) >= 11 is 0.968. The molecule has 0 aliphatic carbocycles. The van der Waals surface area contributed by atoms with Crippen LogP contribution in [0.2, 0.25) is 0 Å². The van der Waals surface area contributed by atoms with E-state index < -0.39 is 61.9 Å². The van der Waals surface area contributed by atoms with Crippen molar-refractivity contribution in [2.24, 2.45) is 0 Å². The molecule has 314 valence electrons. The van der Waals surface area contributed by atoms with Gasteiger partial charge in [0.1, 0.15) is 23.8 Å². The molecule has 61 heavy (non-hydrogen) atoms. The molecule has 3 N–H and O–H groups in total. The lowest BCUT2D eigenvalue weighted by atomic mass is 9.78. The second-order valence-electron chi connectivity index (χ2n) is 14.6. The standard InChI is InChI=1S/C44H39N3O13S/c1-3-19-59-40(51)30-7-5-9-32(21-30)42(53,23-28-11-15-34(16-12-28)46(55)56)25-36-38(39(49)50)45-37(48)26-44(45,61-36)27-43(54,24-29-13-17-35(18-14-29)47(57)58)33-10-6-8-31(22-33)41(52)60-20-4-2/h3-18,21-22,53-54H,1-2,19-20,23-27H2,(H,49,50)/t42-,43-,44?/m0/s1. The first-order valence-corrected chi connectivity index (χ1v) is 19.5. The average Bonchev–Trinajstić information content (AvgIpc) is 3.48. The van der Waals surface area contributed by atoms with E-state index >= 15 is 0 Å². The topological polar surface area (TPSA) is 237 Å². The summed E-state index contributed by atoms with van der Waals surface area (Å²) in [5.74, 6) is -3.51. The number of benzene rings is 4. The van der Waals surface area contributed by atoms with E-state index in [2.05, 4.69) is 13.2 Å². The van der Waals surface area contributed by atoms with Gasteiger partial charge in [0, 0.05) is 54.9 Å². The number of hydrogen-bond acceptors (Lipinski definition) is 13. The molecule has 16 nitrogen and oxygen atoms in total. The van der Waals surface area contributed by atoms with Crippen molar-refractivity contribution in [3.8, 4) is 0 Å². The molecular weight excluding hydrogens is 811 g/mol. The highest BCUT2D eigenvalue weighted by atomic mass is 32.2. The Bertz CT molecular complexity index is 2470. The Hall–Kier alpha value is -6.95. The lowest BCUT2D eigenvalue weighted by Gasteiger charge is -2.50. The zero-order chi connectivity index (χ0) is 44.1. The number of carbonyl (C=O) groups is 4. The van der Waals surface area contributed by atoms with Crippen LogP contribution in [-0.2, 0) is 43.1 Å². The molecule has 0 saturated carbocycles. The highest BCUT2D eigenvalue weighted by Gasteiger charge is 2.63. The van der Waals surface area contributed by atoms with E-state index in [-0.39, 0.29) is 77.4 Å². The van der Waals surface area contributed by atoms with Crippen LogP contribution in [0.15, 0.2) is 133 Å². The van der Waals surface area contributed by atoms with Crippen molar-refractivity contribution in [1.29, 1.82) is 0 Å². The van der Waals surface area contributed by atoms with Crippen molar-refractivity contribution in [3.05, 3.63) is 187 Å². The number of ether oxygens (including phenoxy) is 2. The van der Waals surface area contributed by atoms with E-state index in [1.165, 1.54) is 103 Å². The quantitative estimate of drug-likeness (QED) is 0.0300. The van der Waals surface area contributed by atoms with Gasteiger partial charge in [-0.15, -0.1) is 0 Å². The van der Waals surface area contributed by atoms with Crippen LogP contribution in [0.5, 0.6) is 0 Å². The van der Waals surface area contributed by atoms with Gasteiger partial charge in [-0.05, 0) is 46.5 Å². The summed E-state index contributed by atoms with van der Waals surface area (Å²) in [6.07, 6.45) is 1.35. The minimum absolute atomic E-state index is 0.0573. The number of thioether (sulfide) groups is 1. The van der Waals surface area contributed by atoms with E-state index in [1.807, 2.05) is 0 Å². The lowest BCUT2D eigenvalue weighted by molar-refractivity contribution is -0.385. The summed E-state index contributed by atoms with van der Waals surface area (Å²) in [7, 11) is 0. The maximum absolute atomic E-state index is 13.5. The number of aliphatic carboxylic acids is 1. The predicted octanol–water partition coefficient (Wildman–Crippen LogP) is 6.50. The van der Waals surface area contributed by atoms with Crippen LogP contribution in [-0.4, -0.2) is 72.0 Å². The maximum Gasteiger partial charge on any atom is 0.353 e. The van der Waals surface area contributed by atoms with E-state index in [9.17, 15) is 54.7 Å². The molecule has 6 rings (SSSR count). The zero-order valence-corrected chi connectivity index (χ0v) is 33.2. The average molecular weight is 850 g/mol. The number of amides is 1. The summed E-state index contributed by atoms with van der Waals surface area (Å²) < 4.78 is 10.4. The maximum atomic E-state index is 13.5. The van der Waals surface area contributed by atoms with Crippen molar-refractivity contribution in [2.75, 3.05) is 13.2 Å². The summed E-state index contributed by atoms with van der Waals surface area (Å²) in [5.41, 5.74) is -3.41. The second kappa shape index (κ2) is 17.7. The van der Waals surface area contributed by atoms with Gasteiger partial charge in [-0.3, -0.25) is 29.9 Å². The number of non-ortho nitro benzene ring substituents is 2. The van der Waals surface area contributed by atoms with Crippen molar-refractivity contribution in [1.82, 2.24) is 4.90 Å². The van der Waals surface area contributed by atoms with E-state index in [1.54, 1.807) is 6.07 Å². The Labute approximate surface area is 352 Å². The Morgan fingerprint density at radius 1 is 0.754 bits per heavy atom. The number of nitrogens with zero attached hydrogens (tertiary/aromatic N) is 3. The molecular formula is C44H39N3O13S. The van der Waals surface area contributed by atoms with Crippen LogP contribution in [0, 0.1) is 20.2 Å². The lowest BCUT2D eigenvalue weighted by Crippen LogP contribution is -2.61. The highest BCUT2D eigenvalue weighted by Crippen LogP contribution is 2.61. The largest absolute Gasteiger partial charge is 0.477 e. The Morgan fingerprint density at radius 3 is 1.64 bits per heavy atom. The van der Waals surface area contributed by atoms with Gasteiger partial charge in [-0.1, -0.05) is 85.6 Å². The van der Waals surface area contributed by atoms with Crippen LogP contribution >= 0.6 is 11.8 Å². The molecule has 2 aliphatic heterocycles. The van der Waals surface area contributed by atoms with Gasteiger partial charge in [-0.25, -0.2) is 14.4 Å². The van der Waals surface area contributed by atoms with Gasteiger partial charge >= 0.3 is 17.9 Å². The van der Waals surface area contributed by atoms with E-state index in [4.69, 9.17) is 9.47 Å². The number of carboxylic acid groups (broad SMARTS) is 1. The number of carbonyl (C=O) groups excluding carboxylic acids is 3. The SMILES string of the molecule is C=CCOC(=O)c1cccc([C@@](O)(CC2=C(C(=O)O)N3C(=O)CC3(C[C@@](O)(Cc3ccc([N+](=O)[O-])cc3)c3cccc(C(=O)OCC=C)c3)S2)Cc2ccc([N+](=O)[O-])cc2)c1. The molecule has 0 spiro atoms. The highest BCUT2D eigenvalue weighted by molar-refractivity contribution is 8.04. The molecule has 0 aromatic heterocycles. The van der Waals surface area contributed by atoms with Gasteiger partial charge in [0.25, 0.3) is 11.4 Å². The molecule has 0 bridgehead atoms. The van der Waals surface area contributed by atoms with Gasteiger partial charge in [0.2, 0.25) is 5.91 Å². The number of esters is 2. The van der Waals surface area contributed by atoms with Gasteiger partial charge < -0.3 is 24.8 Å².